The lowest BCUT2D eigenvalue weighted by molar-refractivity contribution is -0.119. The van der Waals surface area contributed by atoms with Crippen molar-refractivity contribution in [2.24, 2.45) is 0 Å². The summed E-state index contributed by atoms with van der Waals surface area (Å²) in [6.07, 6.45) is -1.19. The average molecular weight is 145 g/mol. The van der Waals surface area contributed by atoms with E-state index in [4.69, 9.17) is 9.84 Å². The molecule has 56 valence electrons. The Morgan fingerprint density at radius 3 is 2.90 bits per heavy atom. The Labute approximate surface area is 57.0 Å². The average Bonchev–Trinajstić information content (AvgIpc) is 2.15. The summed E-state index contributed by atoms with van der Waals surface area (Å²) in [4.78, 5) is 20.6. The molecule has 1 fully saturated rings. The maximum absolute atomic E-state index is 10.7. The van der Waals surface area contributed by atoms with E-state index in [1.54, 1.807) is 0 Å². The van der Waals surface area contributed by atoms with E-state index in [0.29, 0.717) is 0 Å². The first-order valence-corrected chi connectivity index (χ1v) is 2.80. The summed E-state index contributed by atoms with van der Waals surface area (Å²) in [6, 6.07) is -0.655. The van der Waals surface area contributed by atoms with Crippen molar-refractivity contribution in [3.63, 3.8) is 0 Å². The van der Waals surface area contributed by atoms with Gasteiger partial charge in [0, 0.05) is 0 Å². The van der Waals surface area contributed by atoms with Crippen molar-refractivity contribution >= 4 is 11.9 Å². The minimum Gasteiger partial charge on any atom is -0.465 e. The molecule has 0 spiro atoms. The van der Waals surface area contributed by atoms with Crippen molar-refractivity contribution in [3.05, 3.63) is 0 Å². The van der Waals surface area contributed by atoms with Crippen LogP contribution in [0.3, 0.4) is 0 Å². The van der Waals surface area contributed by atoms with Gasteiger partial charge in [-0.2, -0.15) is 0 Å². The van der Waals surface area contributed by atoms with Crippen molar-refractivity contribution in [2.45, 2.75) is 6.04 Å². The third kappa shape index (κ3) is 1.44. The fourth-order valence-corrected chi connectivity index (χ4v) is 0.742. The van der Waals surface area contributed by atoms with Crippen LogP contribution in [0.4, 0.5) is 4.79 Å². The lowest BCUT2D eigenvalue weighted by Gasteiger charge is -2.03. The van der Waals surface area contributed by atoms with Gasteiger partial charge in [-0.1, -0.05) is 0 Å². The summed E-state index contributed by atoms with van der Waals surface area (Å²) in [6.45, 7) is 0.177. The number of hydrogen-bond donors (Lipinski definition) is 2. The summed E-state index contributed by atoms with van der Waals surface area (Å²) in [7, 11) is 0. The van der Waals surface area contributed by atoms with Crippen LogP contribution in [0, 0.1) is 0 Å². The molecule has 5 heteroatoms. The third-order valence-corrected chi connectivity index (χ3v) is 1.22. The highest BCUT2D eigenvalue weighted by molar-refractivity contribution is 5.89. The van der Waals surface area contributed by atoms with Crippen LogP contribution < -0.4 is 5.32 Å². The first kappa shape index (κ1) is 7.01. The monoisotopic (exact) mass is 145 g/mol. The molecule has 10 heavy (non-hydrogen) atoms. The van der Waals surface area contributed by atoms with Crippen LogP contribution in [0.5, 0.6) is 0 Å². The number of carbonyl (C=O) groups excluding carboxylic acids is 1. The zero-order valence-corrected chi connectivity index (χ0v) is 5.16. The van der Waals surface area contributed by atoms with Gasteiger partial charge < -0.3 is 15.2 Å². The molecule has 0 aromatic rings. The molecule has 1 saturated heterocycles. The van der Waals surface area contributed by atoms with Crippen molar-refractivity contribution in [1.29, 1.82) is 0 Å². The molecule has 0 saturated carbocycles. The van der Waals surface area contributed by atoms with Crippen LogP contribution in [0.15, 0.2) is 0 Å². The molecule has 2 N–H and O–H groups in total. The molecule has 1 heterocycles. The number of ketones is 1. The smallest absolute Gasteiger partial charge is 0.405 e. The summed E-state index contributed by atoms with van der Waals surface area (Å²) in [5, 5.41) is 10.2. The molecule has 1 aliphatic rings. The van der Waals surface area contributed by atoms with E-state index in [-0.39, 0.29) is 19.0 Å². The van der Waals surface area contributed by atoms with E-state index in [1.165, 1.54) is 0 Å². The lowest BCUT2D eigenvalue weighted by atomic mass is 10.2. The standard InChI is InChI=1S/C5H7NO4/c7-4-2-10-1-3(4)6-5(8)9/h3,6H,1-2H2,(H,8,9). The van der Waals surface area contributed by atoms with Crippen LogP contribution in [-0.4, -0.2) is 36.2 Å². The predicted molar refractivity (Wildman–Crippen MR) is 30.8 cm³/mol. The van der Waals surface area contributed by atoms with E-state index in [1.807, 2.05) is 5.32 Å². The first-order chi connectivity index (χ1) is 4.70. The molecule has 1 amide bonds. The number of rotatable bonds is 1. The van der Waals surface area contributed by atoms with Crippen molar-refractivity contribution in [1.82, 2.24) is 5.32 Å². The molecule has 5 nitrogen and oxygen atoms in total. The predicted octanol–water partition coefficient (Wildman–Crippen LogP) is -0.778. The molecular formula is C5H7NO4. The van der Waals surface area contributed by atoms with E-state index in [0.717, 1.165) is 0 Å². The Kier molecular flexibility index (Phi) is 1.86. The highest BCUT2D eigenvalue weighted by atomic mass is 16.5. The van der Waals surface area contributed by atoms with Gasteiger partial charge in [-0.15, -0.1) is 0 Å². The van der Waals surface area contributed by atoms with Crippen LogP contribution in [-0.2, 0) is 9.53 Å². The van der Waals surface area contributed by atoms with E-state index in [9.17, 15) is 9.59 Å². The van der Waals surface area contributed by atoms with Crippen LogP contribution in [0.1, 0.15) is 0 Å². The minimum absolute atomic E-state index is 0.0188. The molecule has 1 atom stereocenters. The van der Waals surface area contributed by atoms with E-state index >= 15 is 0 Å². The molecule has 0 aliphatic carbocycles. The fourth-order valence-electron chi connectivity index (χ4n) is 0.742. The number of carboxylic acid groups (broad SMARTS) is 1. The second kappa shape index (κ2) is 2.66. The molecule has 0 aromatic carbocycles. The quantitative estimate of drug-likeness (QED) is 0.507. The van der Waals surface area contributed by atoms with Gasteiger partial charge in [-0.25, -0.2) is 4.79 Å². The molecule has 0 radical (unpaired) electrons. The largest absolute Gasteiger partial charge is 0.465 e. The Morgan fingerprint density at radius 1 is 1.80 bits per heavy atom. The van der Waals surface area contributed by atoms with Crippen LogP contribution in [0.25, 0.3) is 0 Å². The molecule has 0 aromatic heterocycles. The lowest BCUT2D eigenvalue weighted by Crippen LogP contribution is -2.39. The van der Waals surface area contributed by atoms with Crippen molar-refractivity contribution in [2.75, 3.05) is 13.2 Å². The highest BCUT2D eigenvalue weighted by Crippen LogP contribution is 1.98. The number of amides is 1. The molecule has 1 aliphatic heterocycles. The van der Waals surface area contributed by atoms with Gasteiger partial charge in [0.1, 0.15) is 12.6 Å². The van der Waals surface area contributed by atoms with Crippen LogP contribution >= 0.6 is 0 Å². The van der Waals surface area contributed by atoms with Crippen molar-refractivity contribution < 1.29 is 19.4 Å². The van der Waals surface area contributed by atoms with Gasteiger partial charge in [0.15, 0.2) is 5.78 Å². The van der Waals surface area contributed by atoms with Crippen LogP contribution in [0.2, 0.25) is 0 Å². The summed E-state index contributed by atoms with van der Waals surface area (Å²) in [5.74, 6) is -0.206. The highest BCUT2D eigenvalue weighted by Gasteiger charge is 2.26. The Morgan fingerprint density at radius 2 is 2.50 bits per heavy atom. The number of nitrogens with one attached hydrogen (secondary N) is 1. The SMILES string of the molecule is O=C(O)NC1COCC1=O. The zero-order chi connectivity index (χ0) is 7.56. The summed E-state index contributed by atoms with van der Waals surface area (Å²) in [5.41, 5.74) is 0. The second-order valence-electron chi connectivity index (χ2n) is 1.98. The molecule has 1 rings (SSSR count). The number of ether oxygens (including phenoxy) is 1. The first-order valence-electron chi connectivity index (χ1n) is 2.80. The third-order valence-electron chi connectivity index (χ3n) is 1.22. The molecular weight excluding hydrogens is 138 g/mol. The van der Waals surface area contributed by atoms with Gasteiger partial charge in [-0.05, 0) is 0 Å². The van der Waals surface area contributed by atoms with Gasteiger partial charge in [0.25, 0.3) is 0 Å². The maximum atomic E-state index is 10.7. The maximum Gasteiger partial charge on any atom is 0.405 e. The van der Waals surface area contributed by atoms with E-state index in [2.05, 4.69) is 0 Å². The van der Waals surface area contributed by atoms with Crippen molar-refractivity contribution in [3.8, 4) is 0 Å². The summed E-state index contributed by atoms with van der Waals surface area (Å²) >= 11 is 0. The van der Waals surface area contributed by atoms with Gasteiger partial charge in [0.05, 0.1) is 6.61 Å². The zero-order valence-electron chi connectivity index (χ0n) is 5.16. The van der Waals surface area contributed by atoms with Gasteiger partial charge >= 0.3 is 6.09 Å². The second-order valence-corrected chi connectivity index (χ2v) is 1.98. The number of carbonyl (C=O) groups is 2. The van der Waals surface area contributed by atoms with Gasteiger partial charge in [-0.3, -0.25) is 4.79 Å². The molecule has 0 bridgehead atoms. The van der Waals surface area contributed by atoms with Gasteiger partial charge in [0.2, 0.25) is 0 Å². The minimum atomic E-state index is -1.19. The Balaban J connectivity index is 2.40. The van der Waals surface area contributed by atoms with E-state index < -0.39 is 12.1 Å². The Hall–Kier alpha value is -1.10. The topological polar surface area (TPSA) is 75.6 Å². The summed E-state index contributed by atoms with van der Waals surface area (Å²) < 4.78 is 4.69. The number of hydrogen-bond acceptors (Lipinski definition) is 3. The fraction of sp³-hybridized carbons (Fsp3) is 0.600. The Bertz CT molecular complexity index is 167. The molecule has 1 unspecified atom stereocenters. The number of Topliss-reactive ketones (excluding diaryl/α,β-unsaturated/α-hetero) is 1. The normalized spacial score (nSPS) is 24.8.